The molecular weight excluding hydrogens is 340 g/mol. The number of benzene rings is 2. The first-order chi connectivity index (χ1) is 11.0. The maximum absolute atomic E-state index is 12.9. The van der Waals surface area contributed by atoms with Crippen molar-refractivity contribution in [2.45, 2.75) is 26.0 Å². The molecule has 122 valence electrons. The van der Waals surface area contributed by atoms with Crippen molar-refractivity contribution in [2.75, 3.05) is 0 Å². The fourth-order valence-corrected chi connectivity index (χ4v) is 2.44. The Balaban J connectivity index is 1.95. The van der Waals surface area contributed by atoms with Crippen molar-refractivity contribution in [3.05, 3.63) is 63.9 Å². The summed E-state index contributed by atoms with van der Waals surface area (Å²) >= 11 is 11.9. The standard InChI is InChI=1S/C17H16Cl2FNO2/c1-2-16(23-14-7-5-13(20)6-8-14)17(22)21-10-11-3-4-12(18)9-15(11)19/h3-9,16H,2,10H2,1H3,(H,21,22)/t16-/m0/s1. The molecule has 3 nitrogen and oxygen atoms in total. The number of carbonyl (C=O) groups excluding carboxylic acids is 1. The second kappa shape index (κ2) is 8.18. The van der Waals surface area contributed by atoms with E-state index >= 15 is 0 Å². The van der Waals surface area contributed by atoms with Gasteiger partial charge in [-0.3, -0.25) is 4.79 Å². The van der Waals surface area contributed by atoms with E-state index in [-0.39, 0.29) is 18.3 Å². The summed E-state index contributed by atoms with van der Waals surface area (Å²) in [6.07, 6.45) is -0.177. The van der Waals surface area contributed by atoms with Crippen LogP contribution in [-0.2, 0) is 11.3 Å². The number of rotatable bonds is 6. The Morgan fingerprint density at radius 3 is 2.52 bits per heavy atom. The van der Waals surface area contributed by atoms with Gasteiger partial charge >= 0.3 is 0 Å². The minimum atomic E-state index is -0.661. The second-order valence-electron chi connectivity index (χ2n) is 4.92. The average molecular weight is 356 g/mol. The zero-order valence-electron chi connectivity index (χ0n) is 12.5. The van der Waals surface area contributed by atoms with Crippen LogP contribution in [0.25, 0.3) is 0 Å². The van der Waals surface area contributed by atoms with E-state index < -0.39 is 6.10 Å². The van der Waals surface area contributed by atoms with Crippen LogP contribution in [0.15, 0.2) is 42.5 Å². The largest absolute Gasteiger partial charge is 0.481 e. The molecule has 2 aromatic rings. The molecule has 2 rings (SSSR count). The van der Waals surface area contributed by atoms with Gasteiger partial charge in [-0.1, -0.05) is 36.2 Å². The lowest BCUT2D eigenvalue weighted by molar-refractivity contribution is -0.128. The molecule has 0 aliphatic heterocycles. The highest BCUT2D eigenvalue weighted by atomic mass is 35.5. The Hall–Kier alpha value is -1.78. The van der Waals surface area contributed by atoms with Gasteiger partial charge in [-0.25, -0.2) is 4.39 Å². The van der Waals surface area contributed by atoms with Crippen molar-refractivity contribution in [1.82, 2.24) is 5.32 Å². The van der Waals surface area contributed by atoms with Crippen molar-refractivity contribution >= 4 is 29.1 Å². The smallest absolute Gasteiger partial charge is 0.261 e. The predicted octanol–water partition coefficient (Wildman–Crippen LogP) is 4.61. The summed E-state index contributed by atoms with van der Waals surface area (Å²) in [6.45, 7) is 2.11. The number of hydrogen-bond acceptors (Lipinski definition) is 2. The first-order valence-electron chi connectivity index (χ1n) is 7.13. The zero-order chi connectivity index (χ0) is 16.8. The van der Waals surface area contributed by atoms with Crippen LogP contribution in [0.5, 0.6) is 5.75 Å². The molecule has 0 aliphatic carbocycles. The van der Waals surface area contributed by atoms with E-state index in [4.69, 9.17) is 27.9 Å². The van der Waals surface area contributed by atoms with Crippen molar-refractivity contribution in [2.24, 2.45) is 0 Å². The molecule has 0 aliphatic rings. The van der Waals surface area contributed by atoms with Crippen molar-refractivity contribution in [3.8, 4) is 5.75 Å². The molecule has 0 aromatic heterocycles. The number of halogens is 3. The lowest BCUT2D eigenvalue weighted by Gasteiger charge is -2.17. The molecule has 1 N–H and O–H groups in total. The molecule has 2 aromatic carbocycles. The zero-order valence-corrected chi connectivity index (χ0v) is 14.0. The second-order valence-corrected chi connectivity index (χ2v) is 5.77. The molecule has 0 radical (unpaired) electrons. The van der Waals surface area contributed by atoms with Gasteiger partial charge in [0.15, 0.2) is 6.10 Å². The quantitative estimate of drug-likeness (QED) is 0.821. The summed E-state index contributed by atoms with van der Waals surface area (Å²) in [4.78, 5) is 12.2. The predicted molar refractivity (Wildman–Crippen MR) is 89.4 cm³/mol. The van der Waals surface area contributed by atoms with Crippen molar-refractivity contribution in [3.63, 3.8) is 0 Å². The molecule has 0 heterocycles. The van der Waals surface area contributed by atoms with E-state index in [0.717, 1.165) is 5.56 Å². The van der Waals surface area contributed by atoms with E-state index in [0.29, 0.717) is 22.2 Å². The Labute approximate surface area is 144 Å². The van der Waals surface area contributed by atoms with E-state index in [1.54, 1.807) is 18.2 Å². The number of carbonyl (C=O) groups is 1. The molecule has 1 amide bonds. The molecular formula is C17H16Cl2FNO2. The van der Waals surface area contributed by atoms with Gasteiger partial charge in [-0.15, -0.1) is 0 Å². The van der Waals surface area contributed by atoms with Crippen LogP contribution >= 0.6 is 23.2 Å². The molecule has 0 saturated heterocycles. The van der Waals surface area contributed by atoms with E-state index in [1.807, 2.05) is 6.92 Å². The fourth-order valence-electron chi connectivity index (χ4n) is 1.96. The monoisotopic (exact) mass is 355 g/mol. The Morgan fingerprint density at radius 2 is 1.91 bits per heavy atom. The van der Waals surface area contributed by atoms with E-state index in [2.05, 4.69) is 5.32 Å². The highest BCUT2D eigenvalue weighted by Gasteiger charge is 2.18. The normalized spacial score (nSPS) is 11.8. The Morgan fingerprint density at radius 1 is 1.22 bits per heavy atom. The summed E-state index contributed by atoms with van der Waals surface area (Å²) in [5.74, 6) is -0.173. The van der Waals surface area contributed by atoms with Gasteiger partial charge in [0.05, 0.1) is 0 Å². The summed E-state index contributed by atoms with van der Waals surface area (Å²) in [7, 11) is 0. The third-order valence-corrected chi connectivity index (χ3v) is 3.81. The highest BCUT2D eigenvalue weighted by Crippen LogP contribution is 2.21. The fraction of sp³-hybridized carbons (Fsp3) is 0.235. The van der Waals surface area contributed by atoms with Gasteiger partial charge in [0, 0.05) is 16.6 Å². The lowest BCUT2D eigenvalue weighted by atomic mass is 10.2. The van der Waals surface area contributed by atoms with Crippen LogP contribution in [0.4, 0.5) is 4.39 Å². The third kappa shape index (κ3) is 5.12. The van der Waals surface area contributed by atoms with Gasteiger partial charge in [-0.05, 0) is 48.4 Å². The summed E-state index contributed by atoms with van der Waals surface area (Å²) < 4.78 is 18.5. The number of hydrogen-bond donors (Lipinski definition) is 1. The van der Waals surface area contributed by atoms with Gasteiger partial charge in [0.1, 0.15) is 11.6 Å². The topological polar surface area (TPSA) is 38.3 Å². The van der Waals surface area contributed by atoms with Crippen LogP contribution in [0.1, 0.15) is 18.9 Å². The molecule has 0 saturated carbocycles. The third-order valence-electron chi connectivity index (χ3n) is 3.22. The van der Waals surface area contributed by atoms with E-state index in [1.165, 1.54) is 24.3 Å². The summed E-state index contributed by atoms with van der Waals surface area (Å²) in [6, 6.07) is 10.6. The van der Waals surface area contributed by atoms with Crippen molar-refractivity contribution < 1.29 is 13.9 Å². The lowest BCUT2D eigenvalue weighted by Crippen LogP contribution is -2.37. The minimum absolute atomic E-state index is 0.261. The maximum Gasteiger partial charge on any atom is 0.261 e. The SMILES string of the molecule is CC[C@H](Oc1ccc(F)cc1)C(=O)NCc1ccc(Cl)cc1Cl. The number of nitrogens with one attached hydrogen (secondary N) is 1. The molecule has 0 bridgehead atoms. The van der Waals surface area contributed by atoms with Crippen LogP contribution in [0.2, 0.25) is 10.0 Å². The molecule has 0 unspecified atom stereocenters. The Bertz CT molecular complexity index is 677. The first kappa shape index (κ1) is 17.6. The molecule has 1 atom stereocenters. The molecule has 6 heteroatoms. The number of ether oxygens (including phenoxy) is 1. The summed E-state index contributed by atoms with van der Waals surface area (Å²) in [5, 5.41) is 3.81. The van der Waals surface area contributed by atoms with Crippen LogP contribution in [0.3, 0.4) is 0 Å². The average Bonchev–Trinajstić information content (AvgIpc) is 2.53. The molecule has 0 fully saturated rings. The highest BCUT2D eigenvalue weighted by molar-refractivity contribution is 6.35. The van der Waals surface area contributed by atoms with Gasteiger partial charge in [0.25, 0.3) is 5.91 Å². The van der Waals surface area contributed by atoms with Crippen molar-refractivity contribution in [1.29, 1.82) is 0 Å². The summed E-state index contributed by atoms with van der Waals surface area (Å²) in [5.41, 5.74) is 0.765. The molecule has 23 heavy (non-hydrogen) atoms. The van der Waals surface area contributed by atoms with Crippen LogP contribution < -0.4 is 10.1 Å². The van der Waals surface area contributed by atoms with Crippen LogP contribution in [-0.4, -0.2) is 12.0 Å². The molecule has 0 spiro atoms. The maximum atomic E-state index is 12.9. The van der Waals surface area contributed by atoms with Gasteiger partial charge in [0.2, 0.25) is 0 Å². The van der Waals surface area contributed by atoms with Crippen LogP contribution in [0, 0.1) is 5.82 Å². The number of amides is 1. The van der Waals surface area contributed by atoms with E-state index in [9.17, 15) is 9.18 Å². The Kier molecular flexibility index (Phi) is 6.25. The van der Waals surface area contributed by atoms with Gasteiger partial charge < -0.3 is 10.1 Å². The van der Waals surface area contributed by atoms with Gasteiger partial charge in [-0.2, -0.15) is 0 Å². The minimum Gasteiger partial charge on any atom is -0.481 e. The first-order valence-corrected chi connectivity index (χ1v) is 7.89.